The summed E-state index contributed by atoms with van der Waals surface area (Å²) in [7, 11) is 0. The van der Waals surface area contributed by atoms with Gasteiger partial charge in [-0.2, -0.15) is 0 Å². The van der Waals surface area contributed by atoms with Gasteiger partial charge in [-0.15, -0.1) is 0 Å². The van der Waals surface area contributed by atoms with Crippen LogP contribution in [0.25, 0.3) is 0 Å². The maximum atomic E-state index is 12.3. The van der Waals surface area contributed by atoms with Crippen molar-refractivity contribution < 1.29 is 9.53 Å². The molecule has 0 aliphatic heterocycles. The van der Waals surface area contributed by atoms with Crippen molar-refractivity contribution in [3.63, 3.8) is 0 Å². The fourth-order valence-corrected chi connectivity index (χ4v) is 2.03. The molecule has 3 heteroatoms. The second-order valence-corrected chi connectivity index (χ2v) is 5.19. The number of hydrogen-bond acceptors (Lipinski definition) is 2. The summed E-state index contributed by atoms with van der Waals surface area (Å²) < 4.78 is 5.79. The van der Waals surface area contributed by atoms with Crippen LogP contribution in [-0.2, 0) is 4.79 Å². The molecule has 1 amide bonds. The standard InChI is InChI=1S/C18H21NO2/c1-4-17(21-16-7-5-6-14(3)12-16)18(20)19-15-10-8-13(2)9-11-15/h5-12,17H,4H2,1-3H3,(H,19,20). The molecule has 0 saturated heterocycles. The largest absolute Gasteiger partial charge is 0.481 e. The smallest absolute Gasteiger partial charge is 0.265 e. The molecule has 0 aliphatic rings. The maximum absolute atomic E-state index is 12.3. The highest BCUT2D eigenvalue weighted by molar-refractivity contribution is 5.94. The minimum Gasteiger partial charge on any atom is -0.481 e. The van der Waals surface area contributed by atoms with Crippen molar-refractivity contribution in [1.82, 2.24) is 0 Å². The van der Waals surface area contributed by atoms with Crippen molar-refractivity contribution in [2.75, 3.05) is 5.32 Å². The van der Waals surface area contributed by atoms with E-state index in [9.17, 15) is 4.79 Å². The first kappa shape index (κ1) is 15.1. The Bertz CT molecular complexity index is 605. The molecule has 2 rings (SSSR count). The molecule has 0 aromatic heterocycles. The summed E-state index contributed by atoms with van der Waals surface area (Å²) in [5.74, 6) is 0.601. The van der Waals surface area contributed by atoms with Gasteiger partial charge in [0.25, 0.3) is 5.91 Å². The van der Waals surface area contributed by atoms with Crippen molar-refractivity contribution in [3.8, 4) is 5.75 Å². The van der Waals surface area contributed by atoms with Crippen LogP contribution < -0.4 is 10.1 Å². The number of rotatable bonds is 5. The summed E-state index contributed by atoms with van der Waals surface area (Å²) in [5.41, 5.74) is 3.06. The van der Waals surface area contributed by atoms with Crippen LogP contribution in [-0.4, -0.2) is 12.0 Å². The quantitative estimate of drug-likeness (QED) is 0.897. The number of carbonyl (C=O) groups is 1. The van der Waals surface area contributed by atoms with Gasteiger partial charge in [0.2, 0.25) is 0 Å². The number of benzene rings is 2. The topological polar surface area (TPSA) is 38.3 Å². The third-order valence-corrected chi connectivity index (χ3v) is 3.25. The lowest BCUT2D eigenvalue weighted by Crippen LogP contribution is -2.32. The molecule has 0 fully saturated rings. The minimum atomic E-state index is -0.492. The number of anilines is 1. The zero-order chi connectivity index (χ0) is 15.2. The van der Waals surface area contributed by atoms with E-state index < -0.39 is 6.10 Å². The van der Waals surface area contributed by atoms with Gasteiger partial charge in [0.05, 0.1) is 0 Å². The molecule has 0 aliphatic carbocycles. The van der Waals surface area contributed by atoms with E-state index in [1.165, 1.54) is 0 Å². The van der Waals surface area contributed by atoms with Crippen molar-refractivity contribution in [2.24, 2.45) is 0 Å². The molecule has 21 heavy (non-hydrogen) atoms. The molecule has 110 valence electrons. The molecule has 2 aromatic carbocycles. The molecule has 0 bridgehead atoms. The van der Waals surface area contributed by atoms with Crippen LogP contribution in [0.2, 0.25) is 0 Å². The number of carbonyl (C=O) groups excluding carboxylic acids is 1. The molecular weight excluding hydrogens is 262 g/mol. The van der Waals surface area contributed by atoms with Crippen LogP contribution in [0.3, 0.4) is 0 Å². The summed E-state index contributed by atoms with van der Waals surface area (Å²) in [6, 6.07) is 15.5. The first-order chi connectivity index (χ1) is 10.1. The Kier molecular flexibility index (Phi) is 4.99. The Hall–Kier alpha value is -2.29. The van der Waals surface area contributed by atoms with Crippen molar-refractivity contribution in [3.05, 3.63) is 59.7 Å². The highest BCUT2D eigenvalue weighted by atomic mass is 16.5. The maximum Gasteiger partial charge on any atom is 0.265 e. The SMILES string of the molecule is CCC(Oc1cccc(C)c1)C(=O)Nc1ccc(C)cc1. The number of nitrogens with one attached hydrogen (secondary N) is 1. The first-order valence-corrected chi connectivity index (χ1v) is 7.19. The molecule has 0 radical (unpaired) electrons. The monoisotopic (exact) mass is 283 g/mol. The van der Waals surface area contributed by atoms with Crippen molar-refractivity contribution >= 4 is 11.6 Å². The van der Waals surface area contributed by atoms with Crippen LogP contribution in [0.15, 0.2) is 48.5 Å². The van der Waals surface area contributed by atoms with E-state index in [2.05, 4.69) is 5.32 Å². The first-order valence-electron chi connectivity index (χ1n) is 7.19. The zero-order valence-corrected chi connectivity index (χ0v) is 12.7. The van der Waals surface area contributed by atoms with Gasteiger partial charge < -0.3 is 10.1 Å². The van der Waals surface area contributed by atoms with Gasteiger partial charge in [-0.3, -0.25) is 4.79 Å². The Morgan fingerprint density at radius 2 is 1.81 bits per heavy atom. The lowest BCUT2D eigenvalue weighted by Gasteiger charge is -2.17. The molecule has 2 aromatic rings. The molecule has 0 spiro atoms. The number of aryl methyl sites for hydroxylation is 2. The second kappa shape index (κ2) is 6.93. The van der Waals surface area contributed by atoms with Gasteiger partial charge in [-0.1, -0.05) is 36.8 Å². The van der Waals surface area contributed by atoms with E-state index in [1.54, 1.807) is 0 Å². The Labute approximate surface area is 126 Å². The van der Waals surface area contributed by atoms with Crippen LogP contribution in [0.1, 0.15) is 24.5 Å². The van der Waals surface area contributed by atoms with E-state index in [4.69, 9.17) is 4.74 Å². The highest BCUT2D eigenvalue weighted by Gasteiger charge is 2.18. The molecule has 1 atom stereocenters. The normalized spacial score (nSPS) is 11.8. The lowest BCUT2D eigenvalue weighted by atomic mass is 10.2. The average molecular weight is 283 g/mol. The minimum absolute atomic E-state index is 0.122. The number of hydrogen-bond donors (Lipinski definition) is 1. The fraction of sp³-hybridized carbons (Fsp3) is 0.278. The number of ether oxygens (including phenoxy) is 1. The summed E-state index contributed by atoms with van der Waals surface area (Å²) >= 11 is 0. The Balaban J connectivity index is 2.03. The average Bonchev–Trinajstić information content (AvgIpc) is 2.47. The van der Waals surface area contributed by atoms with Gasteiger partial charge in [0.1, 0.15) is 5.75 Å². The molecule has 1 N–H and O–H groups in total. The Morgan fingerprint density at radius 3 is 2.43 bits per heavy atom. The van der Waals surface area contributed by atoms with E-state index >= 15 is 0 Å². The molecule has 1 unspecified atom stereocenters. The third kappa shape index (κ3) is 4.35. The molecular formula is C18H21NO2. The zero-order valence-electron chi connectivity index (χ0n) is 12.7. The van der Waals surface area contributed by atoms with E-state index in [0.717, 1.165) is 22.6 Å². The third-order valence-electron chi connectivity index (χ3n) is 3.25. The van der Waals surface area contributed by atoms with Gasteiger partial charge in [-0.05, 0) is 50.1 Å². The van der Waals surface area contributed by atoms with Gasteiger partial charge in [0.15, 0.2) is 6.10 Å². The van der Waals surface area contributed by atoms with Gasteiger partial charge in [0, 0.05) is 5.69 Å². The van der Waals surface area contributed by atoms with E-state index in [1.807, 2.05) is 69.3 Å². The van der Waals surface area contributed by atoms with Crippen molar-refractivity contribution in [1.29, 1.82) is 0 Å². The van der Waals surface area contributed by atoms with E-state index in [-0.39, 0.29) is 5.91 Å². The van der Waals surface area contributed by atoms with Gasteiger partial charge >= 0.3 is 0 Å². The second-order valence-electron chi connectivity index (χ2n) is 5.19. The predicted octanol–water partition coefficient (Wildman–Crippen LogP) is 4.10. The number of amides is 1. The van der Waals surface area contributed by atoms with Crippen LogP contribution in [0.5, 0.6) is 5.75 Å². The lowest BCUT2D eigenvalue weighted by molar-refractivity contribution is -0.122. The van der Waals surface area contributed by atoms with Crippen molar-refractivity contribution in [2.45, 2.75) is 33.3 Å². The summed E-state index contributed by atoms with van der Waals surface area (Å²) in [4.78, 5) is 12.3. The van der Waals surface area contributed by atoms with E-state index in [0.29, 0.717) is 6.42 Å². The summed E-state index contributed by atoms with van der Waals surface area (Å²) in [6.07, 6.45) is 0.124. The molecule has 3 nitrogen and oxygen atoms in total. The molecule has 0 heterocycles. The van der Waals surface area contributed by atoms with Crippen LogP contribution in [0, 0.1) is 13.8 Å². The fourth-order valence-electron chi connectivity index (χ4n) is 2.03. The predicted molar refractivity (Wildman–Crippen MR) is 85.7 cm³/mol. The van der Waals surface area contributed by atoms with Gasteiger partial charge in [-0.25, -0.2) is 0 Å². The summed E-state index contributed by atoms with van der Waals surface area (Å²) in [5, 5.41) is 2.89. The van der Waals surface area contributed by atoms with Crippen LogP contribution in [0.4, 0.5) is 5.69 Å². The Morgan fingerprint density at radius 1 is 1.10 bits per heavy atom. The van der Waals surface area contributed by atoms with Crippen LogP contribution >= 0.6 is 0 Å². The summed E-state index contributed by atoms with van der Waals surface area (Å²) in [6.45, 7) is 5.96. The highest BCUT2D eigenvalue weighted by Crippen LogP contribution is 2.17. The molecule has 0 saturated carbocycles.